The van der Waals surface area contributed by atoms with Gasteiger partial charge in [0.25, 0.3) is 0 Å². The van der Waals surface area contributed by atoms with Gasteiger partial charge in [-0.3, -0.25) is 4.90 Å². The van der Waals surface area contributed by atoms with E-state index in [1.165, 1.54) is 25.9 Å². The van der Waals surface area contributed by atoms with Crippen LogP contribution < -0.4 is 0 Å². The zero-order chi connectivity index (χ0) is 10.1. The molecule has 0 spiro atoms. The van der Waals surface area contributed by atoms with Crippen molar-refractivity contribution in [1.29, 1.82) is 5.26 Å². The van der Waals surface area contributed by atoms with Crippen molar-refractivity contribution in [2.24, 2.45) is 0 Å². The number of hydrogen-bond acceptors (Lipinski definition) is 3. The molecule has 0 saturated carbocycles. The van der Waals surface area contributed by atoms with E-state index in [4.69, 9.17) is 5.26 Å². The number of hydrogen-bond donors (Lipinski definition) is 0. The summed E-state index contributed by atoms with van der Waals surface area (Å²) in [6, 6.07) is 3.94. The van der Waals surface area contributed by atoms with Crippen LogP contribution >= 0.6 is 0 Å². The SMILES string of the molecule is CC(C)N1CCC(N2CC2C#N)CC1. The standard InChI is InChI=1S/C11H19N3/c1-9(2)13-5-3-10(4-6-13)14-8-11(14)7-12/h9-11H,3-6,8H2,1-2H3. The Morgan fingerprint density at radius 2 is 1.93 bits per heavy atom. The maximum absolute atomic E-state index is 8.75. The van der Waals surface area contributed by atoms with E-state index in [9.17, 15) is 0 Å². The zero-order valence-corrected chi connectivity index (χ0v) is 9.11. The average molecular weight is 193 g/mol. The Bertz CT molecular complexity index is 235. The molecule has 3 nitrogen and oxygen atoms in total. The molecular weight excluding hydrogens is 174 g/mol. The highest BCUT2D eigenvalue weighted by Gasteiger charge is 2.40. The highest BCUT2D eigenvalue weighted by molar-refractivity contribution is 5.08. The molecule has 2 heterocycles. The van der Waals surface area contributed by atoms with Crippen LogP contribution in [0, 0.1) is 11.3 Å². The van der Waals surface area contributed by atoms with Crippen molar-refractivity contribution in [3.05, 3.63) is 0 Å². The fourth-order valence-corrected chi connectivity index (χ4v) is 2.40. The fourth-order valence-electron chi connectivity index (χ4n) is 2.40. The van der Waals surface area contributed by atoms with E-state index in [1.54, 1.807) is 0 Å². The summed E-state index contributed by atoms with van der Waals surface area (Å²) in [7, 11) is 0. The van der Waals surface area contributed by atoms with Crippen molar-refractivity contribution < 1.29 is 0 Å². The molecule has 14 heavy (non-hydrogen) atoms. The van der Waals surface area contributed by atoms with E-state index in [-0.39, 0.29) is 6.04 Å². The first-order valence-electron chi connectivity index (χ1n) is 5.62. The molecule has 0 aromatic carbocycles. The van der Waals surface area contributed by atoms with Crippen molar-refractivity contribution in [1.82, 2.24) is 9.80 Å². The second-order valence-electron chi connectivity index (χ2n) is 4.70. The molecule has 2 aliphatic heterocycles. The third-order valence-corrected chi connectivity index (χ3v) is 3.50. The molecule has 2 atom stereocenters. The molecule has 0 bridgehead atoms. The molecule has 0 N–H and O–H groups in total. The first-order valence-corrected chi connectivity index (χ1v) is 5.62. The molecular formula is C11H19N3. The Kier molecular flexibility index (Phi) is 2.76. The van der Waals surface area contributed by atoms with E-state index in [0.717, 1.165) is 6.54 Å². The molecule has 78 valence electrons. The van der Waals surface area contributed by atoms with Crippen LogP contribution in [0.3, 0.4) is 0 Å². The Hall–Kier alpha value is -0.590. The van der Waals surface area contributed by atoms with Gasteiger partial charge >= 0.3 is 0 Å². The van der Waals surface area contributed by atoms with Gasteiger partial charge in [-0.15, -0.1) is 0 Å². The van der Waals surface area contributed by atoms with Gasteiger partial charge in [-0.2, -0.15) is 5.26 Å². The topological polar surface area (TPSA) is 30.0 Å². The third-order valence-electron chi connectivity index (χ3n) is 3.50. The lowest BCUT2D eigenvalue weighted by atomic mass is 10.0. The molecule has 0 amide bonds. The van der Waals surface area contributed by atoms with Gasteiger partial charge in [-0.1, -0.05) is 0 Å². The summed E-state index contributed by atoms with van der Waals surface area (Å²) in [5, 5.41) is 8.75. The first kappa shape index (κ1) is 9.95. The summed E-state index contributed by atoms with van der Waals surface area (Å²) in [6.07, 6.45) is 2.49. The van der Waals surface area contributed by atoms with Gasteiger partial charge in [0.05, 0.1) is 6.07 Å². The van der Waals surface area contributed by atoms with Gasteiger partial charge in [-0.25, -0.2) is 0 Å². The maximum atomic E-state index is 8.75. The Balaban J connectivity index is 1.77. The predicted molar refractivity (Wildman–Crippen MR) is 55.8 cm³/mol. The molecule has 2 aliphatic rings. The number of piperidine rings is 1. The van der Waals surface area contributed by atoms with Crippen LogP contribution in [0.15, 0.2) is 0 Å². The first-order chi connectivity index (χ1) is 6.72. The molecule has 0 radical (unpaired) electrons. The molecule has 0 aromatic rings. The van der Waals surface area contributed by atoms with Crippen molar-refractivity contribution >= 4 is 0 Å². The molecule has 0 aliphatic carbocycles. The highest BCUT2D eigenvalue weighted by atomic mass is 15.3. The van der Waals surface area contributed by atoms with Crippen molar-refractivity contribution in [2.45, 2.75) is 44.8 Å². The van der Waals surface area contributed by atoms with Crippen LogP contribution in [0.25, 0.3) is 0 Å². The lowest BCUT2D eigenvalue weighted by Crippen LogP contribution is -2.42. The van der Waals surface area contributed by atoms with Crippen LogP contribution in [-0.2, 0) is 0 Å². The number of nitriles is 1. The van der Waals surface area contributed by atoms with Crippen molar-refractivity contribution in [2.75, 3.05) is 19.6 Å². The van der Waals surface area contributed by atoms with Crippen molar-refractivity contribution in [3.63, 3.8) is 0 Å². The van der Waals surface area contributed by atoms with E-state index in [0.29, 0.717) is 12.1 Å². The Morgan fingerprint density at radius 1 is 1.29 bits per heavy atom. The van der Waals surface area contributed by atoms with E-state index < -0.39 is 0 Å². The molecule has 2 rings (SSSR count). The van der Waals surface area contributed by atoms with Gasteiger partial charge in [0.15, 0.2) is 0 Å². The largest absolute Gasteiger partial charge is 0.301 e. The van der Waals surface area contributed by atoms with Gasteiger partial charge in [-0.05, 0) is 39.8 Å². The summed E-state index contributed by atoms with van der Waals surface area (Å²) in [6.45, 7) is 7.95. The second-order valence-corrected chi connectivity index (χ2v) is 4.70. The molecule has 2 unspecified atom stereocenters. The third kappa shape index (κ3) is 1.92. The monoisotopic (exact) mass is 193 g/mol. The second kappa shape index (κ2) is 3.88. The van der Waals surface area contributed by atoms with Crippen LogP contribution in [0.2, 0.25) is 0 Å². The lowest BCUT2D eigenvalue weighted by Gasteiger charge is -2.35. The minimum Gasteiger partial charge on any atom is -0.301 e. The smallest absolute Gasteiger partial charge is 0.111 e. The lowest BCUT2D eigenvalue weighted by molar-refractivity contribution is 0.140. The van der Waals surface area contributed by atoms with Crippen LogP contribution in [0.1, 0.15) is 26.7 Å². The normalized spacial score (nSPS) is 34.4. The van der Waals surface area contributed by atoms with Crippen molar-refractivity contribution in [3.8, 4) is 6.07 Å². The number of rotatable bonds is 2. The van der Waals surface area contributed by atoms with Gasteiger partial charge in [0.2, 0.25) is 0 Å². The summed E-state index contributed by atoms with van der Waals surface area (Å²) in [5.74, 6) is 0. The quantitative estimate of drug-likeness (QED) is 0.614. The summed E-state index contributed by atoms with van der Waals surface area (Å²) in [4.78, 5) is 4.87. The van der Waals surface area contributed by atoms with E-state index >= 15 is 0 Å². The number of nitrogens with zero attached hydrogens (tertiary/aromatic N) is 3. The number of likely N-dealkylation sites (tertiary alicyclic amines) is 1. The molecule has 2 saturated heterocycles. The van der Waals surface area contributed by atoms with E-state index in [1.807, 2.05) is 0 Å². The maximum Gasteiger partial charge on any atom is 0.111 e. The summed E-state index contributed by atoms with van der Waals surface area (Å²) >= 11 is 0. The minimum absolute atomic E-state index is 0.241. The van der Waals surface area contributed by atoms with Gasteiger partial charge in [0.1, 0.15) is 6.04 Å². The van der Waals surface area contributed by atoms with Crippen LogP contribution in [0.5, 0.6) is 0 Å². The van der Waals surface area contributed by atoms with Gasteiger partial charge < -0.3 is 4.90 Å². The highest BCUT2D eigenvalue weighted by Crippen LogP contribution is 2.27. The average Bonchev–Trinajstić information content (AvgIpc) is 2.97. The summed E-state index contributed by atoms with van der Waals surface area (Å²) < 4.78 is 0. The minimum atomic E-state index is 0.241. The molecule has 3 heteroatoms. The Morgan fingerprint density at radius 3 is 2.36 bits per heavy atom. The van der Waals surface area contributed by atoms with Crippen LogP contribution in [0.4, 0.5) is 0 Å². The van der Waals surface area contributed by atoms with Crippen LogP contribution in [-0.4, -0.2) is 47.6 Å². The fraction of sp³-hybridized carbons (Fsp3) is 0.909. The summed E-state index contributed by atoms with van der Waals surface area (Å²) in [5.41, 5.74) is 0. The molecule has 0 aromatic heterocycles. The zero-order valence-electron chi connectivity index (χ0n) is 9.11. The van der Waals surface area contributed by atoms with E-state index in [2.05, 4.69) is 29.7 Å². The van der Waals surface area contributed by atoms with Gasteiger partial charge in [0, 0.05) is 18.6 Å². The molecule has 2 fully saturated rings. The Labute approximate surface area is 86.3 Å². The predicted octanol–water partition coefficient (Wildman–Crippen LogP) is 1.07.